The van der Waals surface area contributed by atoms with Gasteiger partial charge < -0.3 is 10.1 Å². The molecule has 2 heterocycles. The molecule has 1 saturated heterocycles. The minimum Gasteiger partial charge on any atom is -0.376 e. The molecule has 16 heavy (non-hydrogen) atoms. The molecule has 0 aliphatic carbocycles. The number of ether oxygens (including phenoxy) is 1. The standard InChI is InChI=1S/C12H14N2OS/c1-8-10(6-7-15-8)13-12-9-4-2-3-5-11(9)14-16-12/h2-5,8,10,13H,6-7H2,1H3. The number of anilines is 1. The minimum atomic E-state index is 0.292. The van der Waals surface area contributed by atoms with Gasteiger partial charge in [-0.1, -0.05) is 12.1 Å². The molecule has 1 fully saturated rings. The summed E-state index contributed by atoms with van der Waals surface area (Å²) >= 11 is 1.54. The molecule has 4 heteroatoms. The van der Waals surface area contributed by atoms with Crippen LogP contribution in [-0.4, -0.2) is 23.1 Å². The van der Waals surface area contributed by atoms with E-state index in [1.54, 1.807) is 0 Å². The first-order valence-electron chi connectivity index (χ1n) is 5.57. The highest BCUT2D eigenvalue weighted by Gasteiger charge is 2.24. The van der Waals surface area contributed by atoms with E-state index < -0.39 is 0 Å². The monoisotopic (exact) mass is 234 g/mol. The van der Waals surface area contributed by atoms with E-state index in [1.165, 1.54) is 16.9 Å². The Kier molecular flexibility index (Phi) is 2.53. The van der Waals surface area contributed by atoms with E-state index in [0.29, 0.717) is 12.1 Å². The number of nitrogens with one attached hydrogen (secondary N) is 1. The smallest absolute Gasteiger partial charge is 0.117 e. The summed E-state index contributed by atoms with van der Waals surface area (Å²) in [4.78, 5) is 0. The zero-order valence-corrected chi connectivity index (χ0v) is 9.96. The highest BCUT2D eigenvalue weighted by molar-refractivity contribution is 7.11. The Bertz CT molecular complexity index is 496. The van der Waals surface area contributed by atoms with Crippen molar-refractivity contribution in [2.75, 3.05) is 11.9 Å². The molecule has 1 aromatic heterocycles. The van der Waals surface area contributed by atoms with E-state index in [-0.39, 0.29) is 0 Å². The second kappa shape index (κ2) is 4.03. The third kappa shape index (κ3) is 1.68. The van der Waals surface area contributed by atoms with Crippen LogP contribution in [0, 0.1) is 0 Å². The van der Waals surface area contributed by atoms with Crippen LogP contribution in [0.1, 0.15) is 13.3 Å². The fourth-order valence-corrected chi connectivity index (χ4v) is 2.91. The minimum absolute atomic E-state index is 0.292. The molecule has 1 aliphatic rings. The summed E-state index contributed by atoms with van der Waals surface area (Å²) in [6.07, 6.45) is 1.37. The third-order valence-corrected chi connectivity index (χ3v) is 3.88. The summed E-state index contributed by atoms with van der Waals surface area (Å²) in [5.74, 6) is 0. The molecule has 0 spiro atoms. The fraction of sp³-hybridized carbons (Fsp3) is 0.417. The molecule has 84 valence electrons. The zero-order chi connectivity index (χ0) is 11.0. The van der Waals surface area contributed by atoms with Gasteiger partial charge in [-0.15, -0.1) is 0 Å². The number of benzene rings is 1. The molecule has 1 aromatic carbocycles. The van der Waals surface area contributed by atoms with Gasteiger partial charge in [0.25, 0.3) is 0 Å². The second-order valence-electron chi connectivity index (χ2n) is 4.14. The van der Waals surface area contributed by atoms with E-state index in [4.69, 9.17) is 4.74 Å². The lowest BCUT2D eigenvalue weighted by molar-refractivity contribution is 0.121. The molecule has 0 radical (unpaired) electrons. The van der Waals surface area contributed by atoms with Gasteiger partial charge in [0.05, 0.1) is 17.7 Å². The summed E-state index contributed by atoms with van der Waals surface area (Å²) in [5.41, 5.74) is 1.07. The number of hydrogen-bond acceptors (Lipinski definition) is 4. The molecule has 2 unspecified atom stereocenters. The highest BCUT2D eigenvalue weighted by Crippen LogP contribution is 2.29. The van der Waals surface area contributed by atoms with Gasteiger partial charge in [-0.2, -0.15) is 4.37 Å². The van der Waals surface area contributed by atoms with Crippen molar-refractivity contribution in [1.82, 2.24) is 4.37 Å². The molecule has 1 N–H and O–H groups in total. The Morgan fingerprint density at radius 2 is 2.31 bits per heavy atom. The van der Waals surface area contributed by atoms with Crippen molar-refractivity contribution in [1.29, 1.82) is 0 Å². The number of hydrogen-bond donors (Lipinski definition) is 1. The lowest BCUT2D eigenvalue weighted by atomic mass is 10.1. The van der Waals surface area contributed by atoms with Gasteiger partial charge in [0.1, 0.15) is 5.00 Å². The number of aromatic nitrogens is 1. The van der Waals surface area contributed by atoms with E-state index in [0.717, 1.165) is 23.5 Å². The van der Waals surface area contributed by atoms with Crippen molar-refractivity contribution >= 4 is 27.4 Å². The summed E-state index contributed by atoms with van der Waals surface area (Å²) in [5, 5.41) is 5.92. The quantitative estimate of drug-likeness (QED) is 0.867. The predicted octanol–water partition coefficient (Wildman–Crippen LogP) is 2.89. The summed E-state index contributed by atoms with van der Waals surface area (Å²) in [6, 6.07) is 8.65. The molecule has 0 amide bonds. The highest BCUT2D eigenvalue weighted by atomic mass is 32.1. The molecule has 2 atom stereocenters. The van der Waals surface area contributed by atoms with Crippen LogP contribution in [0.2, 0.25) is 0 Å². The van der Waals surface area contributed by atoms with Gasteiger partial charge in [0, 0.05) is 12.0 Å². The van der Waals surface area contributed by atoms with Crippen LogP contribution in [0.5, 0.6) is 0 Å². The largest absolute Gasteiger partial charge is 0.376 e. The summed E-state index contributed by atoms with van der Waals surface area (Å²) < 4.78 is 9.97. The maximum absolute atomic E-state index is 5.55. The van der Waals surface area contributed by atoms with Gasteiger partial charge in [-0.25, -0.2) is 0 Å². The molecule has 0 bridgehead atoms. The fourth-order valence-electron chi connectivity index (χ4n) is 2.08. The molecule has 3 rings (SSSR count). The Morgan fingerprint density at radius 3 is 3.12 bits per heavy atom. The number of fused-ring (bicyclic) bond motifs is 1. The topological polar surface area (TPSA) is 34.1 Å². The van der Waals surface area contributed by atoms with E-state index in [9.17, 15) is 0 Å². The SMILES string of the molecule is CC1OCCC1Nc1snc2ccccc12. The number of rotatable bonds is 2. The van der Waals surface area contributed by atoms with Gasteiger partial charge in [0.2, 0.25) is 0 Å². The van der Waals surface area contributed by atoms with Crippen LogP contribution in [0.25, 0.3) is 10.9 Å². The maximum Gasteiger partial charge on any atom is 0.117 e. The first-order chi connectivity index (χ1) is 7.84. The van der Waals surface area contributed by atoms with Crippen LogP contribution in [0.15, 0.2) is 24.3 Å². The Balaban J connectivity index is 1.89. The van der Waals surface area contributed by atoms with Gasteiger partial charge in [0.15, 0.2) is 0 Å². The summed E-state index contributed by atoms with van der Waals surface area (Å²) in [6.45, 7) is 2.98. The lowest BCUT2D eigenvalue weighted by Crippen LogP contribution is -2.26. The van der Waals surface area contributed by atoms with Crippen LogP contribution in [-0.2, 0) is 4.74 Å². The van der Waals surface area contributed by atoms with Gasteiger partial charge >= 0.3 is 0 Å². The van der Waals surface area contributed by atoms with Crippen molar-refractivity contribution in [3.8, 4) is 0 Å². The van der Waals surface area contributed by atoms with Crippen molar-refractivity contribution in [3.63, 3.8) is 0 Å². The Hall–Kier alpha value is -1.13. The summed E-state index contributed by atoms with van der Waals surface area (Å²) in [7, 11) is 0. The Labute approximate surface area is 98.6 Å². The van der Waals surface area contributed by atoms with Crippen molar-refractivity contribution in [2.24, 2.45) is 0 Å². The molecule has 2 aromatic rings. The van der Waals surface area contributed by atoms with Crippen molar-refractivity contribution in [3.05, 3.63) is 24.3 Å². The average molecular weight is 234 g/mol. The first kappa shape index (κ1) is 10.1. The van der Waals surface area contributed by atoms with E-state index in [2.05, 4.69) is 28.7 Å². The van der Waals surface area contributed by atoms with E-state index in [1.807, 2.05) is 12.1 Å². The first-order valence-corrected chi connectivity index (χ1v) is 6.34. The Morgan fingerprint density at radius 1 is 1.44 bits per heavy atom. The molecule has 0 saturated carbocycles. The molecule has 3 nitrogen and oxygen atoms in total. The van der Waals surface area contributed by atoms with Gasteiger partial charge in [-0.05, 0) is 37.0 Å². The van der Waals surface area contributed by atoms with Crippen LogP contribution < -0.4 is 5.32 Å². The molecular formula is C12H14N2OS. The van der Waals surface area contributed by atoms with Crippen LogP contribution >= 0.6 is 11.5 Å². The maximum atomic E-state index is 5.55. The normalized spacial score (nSPS) is 25.1. The predicted molar refractivity (Wildman–Crippen MR) is 67.1 cm³/mol. The molecular weight excluding hydrogens is 220 g/mol. The van der Waals surface area contributed by atoms with Crippen molar-refractivity contribution in [2.45, 2.75) is 25.5 Å². The average Bonchev–Trinajstić information content (AvgIpc) is 2.88. The van der Waals surface area contributed by atoms with Crippen LogP contribution in [0.3, 0.4) is 0 Å². The molecule has 1 aliphatic heterocycles. The number of nitrogens with zero attached hydrogens (tertiary/aromatic N) is 1. The zero-order valence-electron chi connectivity index (χ0n) is 9.14. The van der Waals surface area contributed by atoms with Crippen molar-refractivity contribution < 1.29 is 4.74 Å². The third-order valence-electron chi connectivity index (χ3n) is 3.08. The van der Waals surface area contributed by atoms with E-state index >= 15 is 0 Å². The second-order valence-corrected chi connectivity index (χ2v) is 4.92. The lowest BCUT2D eigenvalue weighted by Gasteiger charge is -2.15. The van der Waals surface area contributed by atoms with Crippen LogP contribution in [0.4, 0.5) is 5.00 Å². The van der Waals surface area contributed by atoms with Gasteiger partial charge in [-0.3, -0.25) is 0 Å².